The van der Waals surface area contributed by atoms with Crippen LogP contribution in [0.1, 0.15) is 25.7 Å². The Morgan fingerprint density at radius 1 is 1.42 bits per heavy atom. The molecule has 0 atom stereocenters. The molecule has 0 bridgehead atoms. The van der Waals surface area contributed by atoms with E-state index in [1.54, 1.807) is 25.3 Å². The third kappa shape index (κ3) is 2.04. The second-order valence-corrected chi connectivity index (χ2v) is 5.69. The minimum Gasteiger partial charge on any atom is -0.495 e. The molecule has 0 radical (unpaired) electrons. The molecule has 4 nitrogen and oxygen atoms in total. The van der Waals surface area contributed by atoms with E-state index >= 15 is 0 Å². The first-order chi connectivity index (χ1) is 9.14. The van der Waals surface area contributed by atoms with Crippen molar-refractivity contribution in [3.05, 3.63) is 23.2 Å². The number of methoxy groups -OCH3 is 1. The first-order valence-electron chi connectivity index (χ1n) is 6.57. The van der Waals surface area contributed by atoms with E-state index in [0.29, 0.717) is 16.5 Å². The van der Waals surface area contributed by atoms with E-state index in [-0.39, 0.29) is 11.6 Å². The minimum atomic E-state index is -0.0495. The molecule has 2 fully saturated rings. The maximum atomic E-state index is 12.3. The summed E-state index contributed by atoms with van der Waals surface area (Å²) in [5.41, 5.74) is 0.775. The molecule has 1 aliphatic heterocycles. The van der Waals surface area contributed by atoms with Crippen molar-refractivity contribution >= 4 is 23.3 Å². The van der Waals surface area contributed by atoms with Gasteiger partial charge in [-0.15, -0.1) is 0 Å². The number of carbonyl (C=O) groups excluding carboxylic acids is 1. The van der Waals surface area contributed by atoms with Crippen molar-refractivity contribution < 1.29 is 9.53 Å². The number of nitrogens with zero attached hydrogens (tertiary/aromatic N) is 1. The van der Waals surface area contributed by atoms with Gasteiger partial charge in [0.05, 0.1) is 12.8 Å². The van der Waals surface area contributed by atoms with Gasteiger partial charge in [0.25, 0.3) is 0 Å². The first-order valence-corrected chi connectivity index (χ1v) is 6.95. The number of anilines is 1. The van der Waals surface area contributed by atoms with Gasteiger partial charge in [0.15, 0.2) is 0 Å². The molecule has 1 spiro atoms. The Morgan fingerprint density at radius 3 is 2.74 bits per heavy atom. The van der Waals surface area contributed by atoms with Crippen LogP contribution in [0.3, 0.4) is 0 Å². The first kappa shape index (κ1) is 12.6. The van der Waals surface area contributed by atoms with Gasteiger partial charge in [-0.1, -0.05) is 11.6 Å². The van der Waals surface area contributed by atoms with Crippen molar-refractivity contribution in [2.75, 3.05) is 19.0 Å². The van der Waals surface area contributed by atoms with E-state index < -0.39 is 0 Å². The fraction of sp³-hybridized carbons (Fsp3) is 0.500. The topological polar surface area (TPSA) is 41.6 Å². The van der Waals surface area contributed by atoms with Crippen LogP contribution in [-0.2, 0) is 0 Å². The molecule has 102 valence electrons. The zero-order valence-corrected chi connectivity index (χ0v) is 11.7. The molecule has 5 heteroatoms. The highest BCUT2D eigenvalue weighted by Gasteiger charge is 2.51. The molecule has 1 saturated heterocycles. The SMILES string of the molecule is COc1ccc(Cl)cc1NC(=O)N1CCC12CCC2. The molecule has 3 rings (SSSR count). The largest absolute Gasteiger partial charge is 0.495 e. The summed E-state index contributed by atoms with van der Waals surface area (Å²) in [6.07, 6.45) is 4.62. The van der Waals surface area contributed by atoms with Crippen molar-refractivity contribution in [2.45, 2.75) is 31.2 Å². The third-order valence-corrected chi connectivity index (χ3v) is 4.54. The number of benzene rings is 1. The molecule has 1 aromatic rings. The van der Waals surface area contributed by atoms with Crippen molar-refractivity contribution in [1.82, 2.24) is 4.90 Å². The van der Waals surface area contributed by atoms with Gasteiger partial charge in [-0.3, -0.25) is 0 Å². The van der Waals surface area contributed by atoms with Crippen LogP contribution in [0.25, 0.3) is 0 Å². The Kier molecular flexibility index (Phi) is 3.05. The number of ether oxygens (including phenoxy) is 1. The van der Waals surface area contributed by atoms with Gasteiger partial charge in [0.2, 0.25) is 0 Å². The highest BCUT2D eigenvalue weighted by atomic mass is 35.5. The maximum absolute atomic E-state index is 12.3. The van der Waals surface area contributed by atoms with Crippen LogP contribution in [0.5, 0.6) is 5.75 Å². The van der Waals surface area contributed by atoms with Crippen molar-refractivity contribution in [3.8, 4) is 5.75 Å². The lowest BCUT2D eigenvalue weighted by molar-refractivity contribution is -0.0319. The Hall–Kier alpha value is -1.42. The van der Waals surface area contributed by atoms with Crippen LogP contribution in [0.4, 0.5) is 10.5 Å². The second-order valence-electron chi connectivity index (χ2n) is 5.25. The van der Waals surface area contributed by atoms with E-state index in [1.807, 2.05) is 4.90 Å². The number of nitrogens with one attached hydrogen (secondary N) is 1. The lowest BCUT2D eigenvalue weighted by Gasteiger charge is -2.58. The predicted octanol–water partition coefficient (Wildman–Crippen LogP) is 3.51. The smallest absolute Gasteiger partial charge is 0.322 e. The van der Waals surface area contributed by atoms with E-state index in [2.05, 4.69) is 5.32 Å². The quantitative estimate of drug-likeness (QED) is 0.901. The normalized spacial score (nSPS) is 19.6. The summed E-state index contributed by atoms with van der Waals surface area (Å²) in [5.74, 6) is 0.626. The maximum Gasteiger partial charge on any atom is 0.322 e. The monoisotopic (exact) mass is 280 g/mol. The van der Waals surface area contributed by atoms with E-state index in [4.69, 9.17) is 16.3 Å². The number of hydrogen-bond acceptors (Lipinski definition) is 2. The van der Waals surface area contributed by atoms with Crippen LogP contribution in [-0.4, -0.2) is 30.1 Å². The molecule has 1 heterocycles. The second kappa shape index (κ2) is 4.60. The van der Waals surface area contributed by atoms with Gasteiger partial charge in [-0.2, -0.15) is 0 Å². The van der Waals surface area contributed by atoms with Crippen molar-refractivity contribution in [1.29, 1.82) is 0 Å². The van der Waals surface area contributed by atoms with Crippen LogP contribution < -0.4 is 10.1 Å². The number of rotatable bonds is 2. The van der Waals surface area contributed by atoms with Gasteiger partial charge >= 0.3 is 6.03 Å². The van der Waals surface area contributed by atoms with Crippen LogP contribution in [0.2, 0.25) is 5.02 Å². The molecule has 19 heavy (non-hydrogen) atoms. The summed E-state index contributed by atoms with van der Waals surface area (Å²) in [5, 5.41) is 3.49. The number of halogens is 1. The van der Waals surface area contributed by atoms with Gasteiger partial charge in [0, 0.05) is 17.1 Å². The average molecular weight is 281 g/mol. The molecule has 2 amide bonds. The highest BCUT2D eigenvalue weighted by molar-refractivity contribution is 6.31. The summed E-state index contributed by atoms with van der Waals surface area (Å²) in [6.45, 7) is 0.842. The molecule has 1 saturated carbocycles. The van der Waals surface area contributed by atoms with Crippen LogP contribution in [0.15, 0.2) is 18.2 Å². The average Bonchev–Trinajstić information content (AvgIpc) is 2.25. The standard InChI is InChI=1S/C14H17ClN2O2/c1-19-12-4-3-10(15)9-11(12)16-13(18)17-8-7-14(17)5-2-6-14/h3-4,9H,2,5-8H2,1H3,(H,16,18). The fourth-order valence-corrected chi connectivity index (χ4v) is 3.09. The molecule has 1 aliphatic carbocycles. The number of urea groups is 1. The Labute approximate surface area is 117 Å². The Balaban J connectivity index is 1.74. The Bertz CT molecular complexity index is 509. The number of carbonyl (C=O) groups is 1. The van der Waals surface area contributed by atoms with Crippen LogP contribution >= 0.6 is 11.6 Å². The third-order valence-electron chi connectivity index (χ3n) is 4.31. The zero-order valence-electron chi connectivity index (χ0n) is 10.9. The number of likely N-dealkylation sites (tertiary alicyclic amines) is 1. The predicted molar refractivity (Wildman–Crippen MR) is 74.9 cm³/mol. The molecule has 2 aliphatic rings. The molecule has 1 N–H and O–H groups in total. The summed E-state index contributed by atoms with van der Waals surface area (Å²) < 4.78 is 5.23. The summed E-state index contributed by atoms with van der Waals surface area (Å²) >= 11 is 5.96. The van der Waals surface area contributed by atoms with Crippen molar-refractivity contribution in [2.24, 2.45) is 0 Å². The van der Waals surface area contributed by atoms with Gasteiger partial charge < -0.3 is 15.0 Å². The Morgan fingerprint density at radius 2 is 2.21 bits per heavy atom. The highest BCUT2D eigenvalue weighted by Crippen LogP contribution is 2.47. The molecule has 0 aromatic heterocycles. The van der Waals surface area contributed by atoms with Gasteiger partial charge in [-0.05, 0) is 43.9 Å². The van der Waals surface area contributed by atoms with E-state index in [1.165, 1.54) is 6.42 Å². The molecule has 0 unspecified atom stereocenters. The number of amides is 2. The zero-order chi connectivity index (χ0) is 13.5. The minimum absolute atomic E-state index is 0.0495. The number of hydrogen-bond donors (Lipinski definition) is 1. The van der Waals surface area contributed by atoms with E-state index in [9.17, 15) is 4.79 Å². The molecular weight excluding hydrogens is 264 g/mol. The summed E-state index contributed by atoms with van der Waals surface area (Å²) in [6, 6.07) is 5.16. The summed E-state index contributed by atoms with van der Waals surface area (Å²) in [4.78, 5) is 14.2. The molecule has 1 aromatic carbocycles. The fourth-order valence-electron chi connectivity index (χ4n) is 2.92. The van der Waals surface area contributed by atoms with Crippen LogP contribution in [0, 0.1) is 0 Å². The van der Waals surface area contributed by atoms with Crippen molar-refractivity contribution in [3.63, 3.8) is 0 Å². The van der Waals surface area contributed by atoms with Gasteiger partial charge in [0.1, 0.15) is 5.75 Å². The van der Waals surface area contributed by atoms with Gasteiger partial charge in [-0.25, -0.2) is 4.79 Å². The molecular formula is C14H17ClN2O2. The van der Waals surface area contributed by atoms with E-state index in [0.717, 1.165) is 25.8 Å². The lowest BCUT2D eigenvalue weighted by atomic mass is 9.68. The summed E-state index contributed by atoms with van der Waals surface area (Å²) in [7, 11) is 1.58. The lowest BCUT2D eigenvalue weighted by Crippen LogP contribution is -2.66.